The second-order valence-electron chi connectivity index (χ2n) is 8.43. The molecular formula is C23H19F4N5O2. The van der Waals surface area contributed by atoms with Crippen molar-refractivity contribution in [2.45, 2.75) is 39.0 Å². The Bertz CT molecular complexity index is 1500. The van der Waals surface area contributed by atoms with Crippen molar-refractivity contribution in [2.24, 2.45) is 0 Å². The normalized spacial score (nSPS) is 16.4. The van der Waals surface area contributed by atoms with E-state index in [1.54, 1.807) is 20.0 Å². The molecule has 1 amide bonds. The van der Waals surface area contributed by atoms with Gasteiger partial charge < -0.3 is 14.5 Å². The number of aromatic nitrogens is 4. The van der Waals surface area contributed by atoms with Gasteiger partial charge >= 0.3 is 12.2 Å². The van der Waals surface area contributed by atoms with Crippen LogP contribution in [0.25, 0.3) is 16.6 Å². The third kappa shape index (κ3) is 3.47. The predicted molar refractivity (Wildman–Crippen MR) is 115 cm³/mol. The van der Waals surface area contributed by atoms with Gasteiger partial charge in [0.2, 0.25) is 5.43 Å². The summed E-state index contributed by atoms with van der Waals surface area (Å²) in [5.74, 6) is -1.37. The molecule has 0 aliphatic carbocycles. The van der Waals surface area contributed by atoms with Crippen molar-refractivity contribution in [3.8, 4) is 5.69 Å². The number of aryl methyl sites for hydroxylation is 1. The summed E-state index contributed by atoms with van der Waals surface area (Å²) in [6, 6.07) is 2.43. The molecule has 3 aromatic heterocycles. The van der Waals surface area contributed by atoms with Crippen molar-refractivity contribution < 1.29 is 22.4 Å². The van der Waals surface area contributed by atoms with Crippen molar-refractivity contribution >= 4 is 16.9 Å². The maximum Gasteiger partial charge on any atom is 0.419 e. The quantitative estimate of drug-likeness (QED) is 0.449. The number of nitrogens with zero attached hydrogens (tertiary/aromatic N) is 4. The number of hydrogen-bond acceptors (Lipinski definition) is 3. The molecule has 11 heteroatoms. The molecule has 1 N–H and O–H groups in total. The number of nitrogens with one attached hydrogen (secondary N) is 1. The Labute approximate surface area is 190 Å². The van der Waals surface area contributed by atoms with E-state index < -0.39 is 23.6 Å². The van der Waals surface area contributed by atoms with E-state index in [0.29, 0.717) is 23.9 Å². The molecule has 4 aromatic rings. The number of carbonyl (C=O) groups is 1. The van der Waals surface area contributed by atoms with Gasteiger partial charge in [-0.15, -0.1) is 0 Å². The summed E-state index contributed by atoms with van der Waals surface area (Å²) in [5, 5.41) is -0.199. The number of benzene rings is 1. The number of aromatic amines is 1. The first-order valence-corrected chi connectivity index (χ1v) is 10.5. The summed E-state index contributed by atoms with van der Waals surface area (Å²) < 4.78 is 57.4. The number of carbonyl (C=O) groups excluding carboxylic acids is 1. The number of hydrogen-bond donors (Lipinski definition) is 1. The lowest BCUT2D eigenvalue weighted by Crippen LogP contribution is -2.47. The van der Waals surface area contributed by atoms with Crippen LogP contribution in [0.15, 0.2) is 47.9 Å². The molecule has 1 aliphatic heterocycles. The molecule has 0 radical (unpaired) electrons. The minimum absolute atomic E-state index is 0.108. The van der Waals surface area contributed by atoms with E-state index in [1.807, 2.05) is 0 Å². The number of halogens is 4. The summed E-state index contributed by atoms with van der Waals surface area (Å²) in [5.41, 5.74) is 0.262. The van der Waals surface area contributed by atoms with Gasteiger partial charge in [-0.1, -0.05) is 0 Å². The zero-order valence-electron chi connectivity index (χ0n) is 18.2. The summed E-state index contributed by atoms with van der Waals surface area (Å²) in [6.07, 6.45) is 1.48. The zero-order chi connectivity index (χ0) is 24.4. The number of alkyl halides is 3. The Morgan fingerprint density at radius 1 is 1.21 bits per heavy atom. The van der Waals surface area contributed by atoms with Gasteiger partial charge in [0.15, 0.2) is 0 Å². The maximum atomic E-state index is 14.8. The first kappa shape index (κ1) is 21.9. The van der Waals surface area contributed by atoms with Crippen LogP contribution in [0, 0.1) is 12.7 Å². The first-order valence-electron chi connectivity index (χ1n) is 10.5. The van der Waals surface area contributed by atoms with Crippen LogP contribution in [0.4, 0.5) is 22.4 Å². The summed E-state index contributed by atoms with van der Waals surface area (Å²) in [6.45, 7) is 3.43. The van der Waals surface area contributed by atoms with E-state index in [4.69, 9.17) is 0 Å². The second kappa shape index (κ2) is 7.57. The average Bonchev–Trinajstić information content (AvgIpc) is 3.36. The van der Waals surface area contributed by atoms with Gasteiger partial charge in [0.25, 0.3) is 0 Å². The van der Waals surface area contributed by atoms with Gasteiger partial charge in [-0.25, -0.2) is 14.2 Å². The van der Waals surface area contributed by atoms with E-state index in [-0.39, 0.29) is 40.2 Å². The topological polar surface area (TPSA) is 75.9 Å². The van der Waals surface area contributed by atoms with Gasteiger partial charge in [0.1, 0.15) is 11.5 Å². The van der Waals surface area contributed by atoms with E-state index in [2.05, 4.69) is 9.97 Å². The van der Waals surface area contributed by atoms with E-state index >= 15 is 0 Å². The second-order valence-corrected chi connectivity index (χ2v) is 8.43. The molecule has 176 valence electrons. The van der Waals surface area contributed by atoms with Crippen molar-refractivity contribution in [1.29, 1.82) is 0 Å². The zero-order valence-corrected chi connectivity index (χ0v) is 18.2. The lowest BCUT2D eigenvalue weighted by Gasteiger charge is -2.35. The van der Waals surface area contributed by atoms with Crippen molar-refractivity contribution in [2.75, 3.05) is 0 Å². The Hall–Kier alpha value is -3.89. The molecule has 5 rings (SSSR count). The Balaban J connectivity index is 1.54. The monoisotopic (exact) mass is 473 g/mol. The van der Waals surface area contributed by atoms with Crippen LogP contribution in [-0.2, 0) is 19.1 Å². The minimum Gasteiger partial charge on any atom is -0.361 e. The number of rotatable bonds is 3. The van der Waals surface area contributed by atoms with E-state index in [1.165, 1.54) is 44.9 Å². The standard InChI is InChI=1S/C23H19F4N5O2/c1-12-8-30(11-29-12)18-10-32-15(6-19(18)33)5-13(2)31(22(32)34)9-14-7-28-17-4-3-16(23(25,26)27)21(24)20(14)17/h3-4,6-8,10-11,13,28H,5,9H2,1-2H3/t13-/m1/s1. The number of amides is 1. The third-order valence-corrected chi connectivity index (χ3v) is 6.10. The lowest BCUT2D eigenvalue weighted by molar-refractivity contribution is -0.139. The first-order chi connectivity index (χ1) is 16.0. The smallest absolute Gasteiger partial charge is 0.361 e. The Morgan fingerprint density at radius 2 is 1.97 bits per heavy atom. The molecule has 34 heavy (non-hydrogen) atoms. The van der Waals surface area contributed by atoms with Gasteiger partial charge in [-0.3, -0.25) is 9.36 Å². The van der Waals surface area contributed by atoms with Gasteiger partial charge in [0.05, 0.1) is 17.6 Å². The largest absolute Gasteiger partial charge is 0.419 e. The highest BCUT2D eigenvalue weighted by molar-refractivity contribution is 5.86. The number of fused-ring (bicyclic) bond motifs is 2. The third-order valence-electron chi connectivity index (χ3n) is 6.10. The fraction of sp³-hybridized carbons (Fsp3) is 0.261. The van der Waals surface area contributed by atoms with Crippen LogP contribution in [0.5, 0.6) is 0 Å². The fourth-order valence-corrected chi connectivity index (χ4v) is 4.38. The van der Waals surface area contributed by atoms with Crippen LogP contribution in [0.2, 0.25) is 0 Å². The number of pyridine rings is 1. The average molecular weight is 473 g/mol. The van der Waals surface area contributed by atoms with Gasteiger partial charge in [0, 0.05) is 60.3 Å². The molecule has 7 nitrogen and oxygen atoms in total. The summed E-state index contributed by atoms with van der Waals surface area (Å²) in [7, 11) is 0. The van der Waals surface area contributed by atoms with Crippen LogP contribution in [0.1, 0.15) is 29.4 Å². The lowest BCUT2D eigenvalue weighted by atomic mass is 10.0. The summed E-state index contributed by atoms with van der Waals surface area (Å²) >= 11 is 0. The molecule has 0 fully saturated rings. The Morgan fingerprint density at radius 3 is 2.65 bits per heavy atom. The predicted octanol–water partition coefficient (Wildman–Crippen LogP) is 4.40. The molecule has 0 spiro atoms. The number of imidazole rings is 1. The molecule has 0 unspecified atom stereocenters. The van der Waals surface area contributed by atoms with E-state index in [0.717, 1.165) is 0 Å². The van der Waals surface area contributed by atoms with Crippen LogP contribution in [-0.4, -0.2) is 36.1 Å². The van der Waals surface area contributed by atoms with Crippen LogP contribution in [0.3, 0.4) is 0 Å². The molecule has 4 heterocycles. The van der Waals surface area contributed by atoms with Crippen molar-refractivity contribution in [3.05, 3.63) is 81.7 Å². The van der Waals surface area contributed by atoms with E-state index in [9.17, 15) is 27.2 Å². The van der Waals surface area contributed by atoms with Crippen molar-refractivity contribution in [3.63, 3.8) is 0 Å². The molecule has 1 aromatic carbocycles. The SMILES string of the molecule is Cc1cn(-c2cn3c(cc2=O)C[C@@H](C)N(Cc2c[nH]c4ccc(C(F)(F)F)c(F)c24)C3=O)cn1. The highest BCUT2D eigenvalue weighted by atomic mass is 19.4. The van der Waals surface area contributed by atoms with Crippen LogP contribution >= 0.6 is 0 Å². The molecule has 0 saturated carbocycles. The summed E-state index contributed by atoms with van der Waals surface area (Å²) in [4.78, 5) is 34.3. The molecule has 1 aliphatic rings. The maximum absolute atomic E-state index is 14.8. The fourth-order valence-electron chi connectivity index (χ4n) is 4.38. The highest BCUT2D eigenvalue weighted by Gasteiger charge is 2.36. The van der Waals surface area contributed by atoms with Gasteiger partial charge in [-0.2, -0.15) is 13.2 Å². The molecule has 0 saturated heterocycles. The van der Waals surface area contributed by atoms with Gasteiger partial charge in [-0.05, 0) is 31.5 Å². The molecule has 1 atom stereocenters. The highest BCUT2D eigenvalue weighted by Crippen LogP contribution is 2.36. The number of H-pyrrole nitrogens is 1. The molecular weight excluding hydrogens is 454 g/mol. The van der Waals surface area contributed by atoms with Crippen molar-refractivity contribution in [1.82, 2.24) is 24.0 Å². The minimum atomic E-state index is -4.84. The Kier molecular flexibility index (Phi) is 4.88. The van der Waals surface area contributed by atoms with Crippen LogP contribution < -0.4 is 5.43 Å². The molecule has 0 bridgehead atoms.